The van der Waals surface area contributed by atoms with E-state index in [1.54, 1.807) is 0 Å². The number of hydrogen-bond acceptors (Lipinski definition) is 3. The fourth-order valence-electron chi connectivity index (χ4n) is 1.99. The summed E-state index contributed by atoms with van der Waals surface area (Å²) in [5.41, 5.74) is 1.91. The number of carbonyl (C=O) groups is 1. The number of amides is 1. The second-order valence-corrected chi connectivity index (χ2v) is 4.49. The van der Waals surface area contributed by atoms with Gasteiger partial charge in [0.05, 0.1) is 7.11 Å². The van der Waals surface area contributed by atoms with Gasteiger partial charge in [-0.15, -0.1) is 0 Å². The van der Waals surface area contributed by atoms with Gasteiger partial charge in [0.1, 0.15) is 0 Å². The van der Waals surface area contributed by atoms with E-state index in [4.69, 9.17) is 4.74 Å². The van der Waals surface area contributed by atoms with Crippen LogP contribution in [0.5, 0.6) is 5.75 Å². The number of para-hydroxylation sites is 1. The number of anilines is 1. The van der Waals surface area contributed by atoms with Gasteiger partial charge in [-0.05, 0) is 36.9 Å². The van der Waals surface area contributed by atoms with Crippen molar-refractivity contribution in [2.75, 3.05) is 19.5 Å². The number of benzene rings is 2. The van der Waals surface area contributed by atoms with Crippen LogP contribution in [0.25, 0.3) is 0 Å². The Morgan fingerprint density at radius 1 is 1.24 bits per heavy atom. The van der Waals surface area contributed by atoms with Gasteiger partial charge in [-0.2, -0.15) is 0 Å². The molecular weight excluding hydrogens is 271 g/mol. The van der Waals surface area contributed by atoms with Crippen LogP contribution in [0.3, 0.4) is 0 Å². The lowest BCUT2D eigenvalue weighted by molar-refractivity contribution is 0.102. The van der Waals surface area contributed by atoms with E-state index in [2.05, 4.69) is 10.6 Å². The Hall–Kier alpha value is -2.40. The molecule has 0 saturated carbocycles. The molecule has 0 saturated heterocycles. The van der Waals surface area contributed by atoms with Crippen molar-refractivity contribution in [1.29, 1.82) is 0 Å². The Morgan fingerprint density at radius 3 is 2.67 bits per heavy atom. The lowest BCUT2D eigenvalue weighted by Crippen LogP contribution is -2.15. The molecule has 0 atom stereocenters. The highest BCUT2D eigenvalue weighted by Crippen LogP contribution is 2.20. The molecule has 5 heteroatoms. The molecule has 0 aliphatic carbocycles. The summed E-state index contributed by atoms with van der Waals surface area (Å²) in [5.74, 6) is -0.809. The minimum absolute atomic E-state index is 0.113. The first-order valence-electron chi connectivity index (χ1n) is 6.53. The first-order chi connectivity index (χ1) is 10.2. The van der Waals surface area contributed by atoms with Crippen LogP contribution in [0.4, 0.5) is 10.1 Å². The molecule has 0 aromatic heterocycles. The normalized spacial score (nSPS) is 10.2. The molecule has 2 aromatic carbocycles. The van der Waals surface area contributed by atoms with Gasteiger partial charge in [0, 0.05) is 17.8 Å². The van der Waals surface area contributed by atoms with E-state index in [0.29, 0.717) is 12.2 Å². The second kappa shape index (κ2) is 6.85. The lowest BCUT2D eigenvalue weighted by atomic mass is 10.1. The van der Waals surface area contributed by atoms with E-state index in [9.17, 15) is 9.18 Å². The van der Waals surface area contributed by atoms with E-state index in [-0.39, 0.29) is 17.2 Å². The van der Waals surface area contributed by atoms with Crippen LogP contribution in [0.1, 0.15) is 15.9 Å². The molecule has 0 fully saturated rings. The van der Waals surface area contributed by atoms with Crippen molar-refractivity contribution >= 4 is 11.6 Å². The van der Waals surface area contributed by atoms with E-state index in [1.165, 1.54) is 19.2 Å². The molecule has 0 bridgehead atoms. The van der Waals surface area contributed by atoms with Crippen molar-refractivity contribution in [1.82, 2.24) is 5.32 Å². The standard InChI is InChI=1S/C16H17FN2O2/c1-18-10-12-5-3-4-6-14(12)19-16(20)11-7-8-15(21-2)13(17)9-11/h3-9,18H,10H2,1-2H3,(H,19,20). The topological polar surface area (TPSA) is 50.4 Å². The first-order valence-corrected chi connectivity index (χ1v) is 6.53. The highest BCUT2D eigenvalue weighted by Gasteiger charge is 2.11. The van der Waals surface area contributed by atoms with Crippen molar-refractivity contribution in [2.45, 2.75) is 6.54 Å². The Balaban J connectivity index is 2.20. The fourth-order valence-corrected chi connectivity index (χ4v) is 1.99. The molecule has 0 radical (unpaired) electrons. The Kier molecular flexibility index (Phi) is 4.90. The third kappa shape index (κ3) is 3.58. The van der Waals surface area contributed by atoms with Crippen LogP contribution in [0.15, 0.2) is 42.5 Å². The number of halogens is 1. The summed E-state index contributed by atoms with van der Waals surface area (Å²) in [6.07, 6.45) is 0. The quantitative estimate of drug-likeness (QED) is 0.889. The molecular formula is C16H17FN2O2. The number of ether oxygens (including phenoxy) is 1. The molecule has 2 aromatic rings. The van der Waals surface area contributed by atoms with Gasteiger partial charge < -0.3 is 15.4 Å². The Morgan fingerprint density at radius 2 is 2.00 bits per heavy atom. The molecule has 2 N–H and O–H groups in total. The summed E-state index contributed by atoms with van der Waals surface area (Å²) in [5, 5.41) is 5.82. The smallest absolute Gasteiger partial charge is 0.255 e. The summed E-state index contributed by atoms with van der Waals surface area (Å²) in [4.78, 5) is 12.2. The summed E-state index contributed by atoms with van der Waals surface area (Å²) in [6, 6.07) is 11.6. The average Bonchev–Trinajstić information content (AvgIpc) is 2.49. The van der Waals surface area contributed by atoms with Gasteiger partial charge in [0.15, 0.2) is 11.6 Å². The third-order valence-electron chi connectivity index (χ3n) is 3.05. The highest BCUT2D eigenvalue weighted by atomic mass is 19.1. The predicted octanol–water partition coefficient (Wildman–Crippen LogP) is 2.81. The van der Waals surface area contributed by atoms with Crippen LogP contribution in [0, 0.1) is 5.82 Å². The monoisotopic (exact) mass is 288 g/mol. The highest BCUT2D eigenvalue weighted by molar-refractivity contribution is 6.04. The van der Waals surface area contributed by atoms with Gasteiger partial charge in [-0.3, -0.25) is 4.79 Å². The van der Waals surface area contributed by atoms with E-state index in [0.717, 1.165) is 11.6 Å². The molecule has 21 heavy (non-hydrogen) atoms. The maximum Gasteiger partial charge on any atom is 0.255 e. The SMILES string of the molecule is CNCc1ccccc1NC(=O)c1ccc(OC)c(F)c1. The van der Waals surface area contributed by atoms with Crippen LogP contribution >= 0.6 is 0 Å². The average molecular weight is 288 g/mol. The van der Waals surface area contributed by atoms with Gasteiger partial charge in [0.25, 0.3) is 5.91 Å². The molecule has 110 valence electrons. The Bertz CT molecular complexity index is 644. The third-order valence-corrected chi connectivity index (χ3v) is 3.05. The zero-order valence-corrected chi connectivity index (χ0v) is 11.9. The van der Waals surface area contributed by atoms with Crippen LogP contribution < -0.4 is 15.4 Å². The first kappa shape index (κ1) is 15.0. The van der Waals surface area contributed by atoms with Crippen LogP contribution in [0.2, 0.25) is 0 Å². The number of methoxy groups -OCH3 is 1. The molecule has 0 spiro atoms. The molecule has 0 aliphatic rings. The van der Waals surface area contributed by atoms with Crippen molar-refractivity contribution in [3.05, 3.63) is 59.4 Å². The summed E-state index contributed by atoms with van der Waals surface area (Å²) in [6.45, 7) is 0.632. The molecule has 4 nitrogen and oxygen atoms in total. The number of nitrogens with one attached hydrogen (secondary N) is 2. The second-order valence-electron chi connectivity index (χ2n) is 4.49. The molecule has 0 aliphatic heterocycles. The molecule has 1 amide bonds. The zero-order valence-electron chi connectivity index (χ0n) is 11.9. The van der Waals surface area contributed by atoms with Gasteiger partial charge in [-0.25, -0.2) is 4.39 Å². The summed E-state index contributed by atoms with van der Waals surface area (Å²) in [7, 11) is 3.21. The minimum Gasteiger partial charge on any atom is -0.494 e. The number of hydrogen-bond donors (Lipinski definition) is 2. The van der Waals surface area contributed by atoms with Crippen molar-refractivity contribution in [3.63, 3.8) is 0 Å². The van der Waals surface area contributed by atoms with Crippen molar-refractivity contribution < 1.29 is 13.9 Å². The van der Waals surface area contributed by atoms with Crippen molar-refractivity contribution in [2.24, 2.45) is 0 Å². The van der Waals surface area contributed by atoms with Crippen molar-refractivity contribution in [3.8, 4) is 5.75 Å². The number of carbonyl (C=O) groups excluding carboxylic acids is 1. The van der Waals surface area contributed by atoms with E-state index < -0.39 is 5.82 Å². The predicted molar refractivity (Wildman–Crippen MR) is 80.1 cm³/mol. The summed E-state index contributed by atoms with van der Waals surface area (Å²) >= 11 is 0. The molecule has 0 unspecified atom stereocenters. The van der Waals surface area contributed by atoms with Gasteiger partial charge in [0.2, 0.25) is 0 Å². The Labute approximate surface area is 122 Å². The lowest BCUT2D eigenvalue weighted by Gasteiger charge is -2.11. The van der Waals surface area contributed by atoms with Crippen LogP contribution in [-0.2, 0) is 6.54 Å². The van der Waals surface area contributed by atoms with E-state index >= 15 is 0 Å². The van der Waals surface area contributed by atoms with Gasteiger partial charge in [-0.1, -0.05) is 18.2 Å². The van der Waals surface area contributed by atoms with Crippen LogP contribution in [-0.4, -0.2) is 20.1 Å². The fraction of sp³-hybridized carbons (Fsp3) is 0.188. The van der Waals surface area contributed by atoms with Gasteiger partial charge >= 0.3 is 0 Å². The number of rotatable bonds is 5. The molecule has 0 heterocycles. The van der Waals surface area contributed by atoms with E-state index in [1.807, 2.05) is 31.3 Å². The summed E-state index contributed by atoms with van der Waals surface area (Å²) < 4.78 is 18.5. The maximum absolute atomic E-state index is 13.6. The molecule has 2 rings (SSSR count). The largest absolute Gasteiger partial charge is 0.494 e. The minimum atomic E-state index is -0.561. The maximum atomic E-state index is 13.6. The zero-order chi connectivity index (χ0) is 15.2.